The molecule has 1 amide bonds. The Morgan fingerprint density at radius 2 is 1.84 bits per heavy atom. The maximum absolute atomic E-state index is 13.2. The first-order valence-corrected chi connectivity index (χ1v) is 11.1. The molecule has 2 aromatic heterocycles. The van der Waals surface area contributed by atoms with Crippen LogP contribution in [0.5, 0.6) is 11.5 Å². The Hall–Kier alpha value is -3.13. The number of fused-ring (bicyclic) bond motifs is 1. The van der Waals surface area contributed by atoms with Crippen molar-refractivity contribution in [2.75, 3.05) is 33.9 Å². The summed E-state index contributed by atoms with van der Waals surface area (Å²) in [5, 5.41) is 0. The molecule has 1 unspecified atom stereocenters. The predicted molar refractivity (Wildman–Crippen MR) is 119 cm³/mol. The highest BCUT2D eigenvalue weighted by Gasteiger charge is 2.31. The smallest absolute Gasteiger partial charge is 0.254 e. The van der Waals surface area contributed by atoms with Gasteiger partial charge < -0.3 is 23.7 Å². The minimum absolute atomic E-state index is 0.00591. The van der Waals surface area contributed by atoms with E-state index >= 15 is 0 Å². The van der Waals surface area contributed by atoms with Crippen LogP contribution in [-0.4, -0.2) is 59.3 Å². The summed E-state index contributed by atoms with van der Waals surface area (Å²) < 4.78 is 18.9. The fourth-order valence-electron chi connectivity index (χ4n) is 4.76. The Morgan fingerprint density at radius 1 is 1.09 bits per heavy atom. The second kappa shape index (κ2) is 8.78. The van der Waals surface area contributed by atoms with Crippen LogP contribution in [-0.2, 0) is 4.74 Å². The fraction of sp³-hybridized carbons (Fsp3) is 0.458. The molecule has 8 heteroatoms. The second-order valence-corrected chi connectivity index (χ2v) is 8.31. The molecule has 4 heterocycles. The number of hydrogen-bond acceptors (Lipinski definition) is 6. The van der Waals surface area contributed by atoms with Crippen LogP contribution in [0.4, 0.5) is 0 Å². The number of carbonyl (C=O) groups excluding carboxylic acids is 1. The first kappa shape index (κ1) is 20.8. The summed E-state index contributed by atoms with van der Waals surface area (Å²) in [7, 11) is 3.17. The molecular formula is C24H28N4O4. The van der Waals surface area contributed by atoms with E-state index in [4.69, 9.17) is 19.2 Å². The molecule has 0 saturated carbocycles. The average Bonchev–Trinajstić information content (AvgIpc) is 3.51. The number of hydrogen-bond donors (Lipinski definition) is 0. The zero-order chi connectivity index (χ0) is 22.1. The number of aromatic nitrogens is 3. The van der Waals surface area contributed by atoms with Crippen molar-refractivity contribution in [1.29, 1.82) is 0 Å². The highest BCUT2D eigenvalue weighted by Crippen LogP contribution is 2.35. The zero-order valence-electron chi connectivity index (χ0n) is 18.5. The second-order valence-electron chi connectivity index (χ2n) is 8.31. The summed E-state index contributed by atoms with van der Waals surface area (Å²) >= 11 is 0. The van der Waals surface area contributed by atoms with Crippen molar-refractivity contribution >= 4 is 17.1 Å². The molecule has 2 aliphatic rings. The van der Waals surface area contributed by atoms with Crippen molar-refractivity contribution in [3.05, 3.63) is 47.9 Å². The molecule has 0 spiro atoms. The molecule has 5 rings (SSSR count). The number of imidazole rings is 1. The van der Waals surface area contributed by atoms with Gasteiger partial charge in [0.25, 0.3) is 5.91 Å². The van der Waals surface area contributed by atoms with Crippen LogP contribution < -0.4 is 9.47 Å². The Bertz CT molecular complexity index is 1090. The number of rotatable bonds is 5. The Labute approximate surface area is 187 Å². The molecule has 2 fully saturated rings. The van der Waals surface area contributed by atoms with E-state index < -0.39 is 0 Å². The number of carbonyl (C=O) groups is 1. The van der Waals surface area contributed by atoms with Gasteiger partial charge in [-0.05, 0) is 49.9 Å². The molecule has 0 aliphatic carbocycles. The number of piperidine rings is 1. The summed E-state index contributed by atoms with van der Waals surface area (Å²) in [6.45, 7) is 2.11. The maximum Gasteiger partial charge on any atom is 0.254 e. The number of amides is 1. The van der Waals surface area contributed by atoms with Crippen molar-refractivity contribution in [1.82, 2.24) is 19.4 Å². The van der Waals surface area contributed by atoms with E-state index in [-0.39, 0.29) is 18.1 Å². The number of nitrogens with zero attached hydrogens (tertiary/aromatic N) is 4. The Balaban J connectivity index is 1.37. The summed E-state index contributed by atoms with van der Waals surface area (Å²) in [4.78, 5) is 24.6. The van der Waals surface area contributed by atoms with Gasteiger partial charge in [0.1, 0.15) is 28.9 Å². The monoisotopic (exact) mass is 436 g/mol. The molecule has 0 radical (unpaired) electrons. The van der Waals surface area contributed by atoms with Gasteiger partial charge in [-0.2, -0.15) is 0 Å². The predicted octanol–water partition coefficient (Wildman–Crippen LogP) is 3.78. The molecule has 2 saturated heterocycles. The van der Waals surface area contributed by atoms with Gasteiger partial charge in [-0.1, -0.05) is 0 Å². The average molecular weight is 437 g/mol. The lowest BCUT2D eigenvalue weighted by atomic mass is 10.0. The third kappa shape index (κ3) is 3.79. The summed E-state index contributed by atoms with van der Waals surface area (Å²) in [6, 6.07) is 9.46. The van der Waals surface area contributed by atoms with Gasteiger partial charge in [-0.15, -0.1) is 0 Å². The van der Waals surface area contributed by atoms with Crippen LogP contribution >= 0.6 is 0 Å². The highest BCUT2D eigenvalue weighted by atomic mass is 16.5. The summed E-state index contributed by atoms with van der Waals surface area (Å²) in [5.74, 6) is 2.19. The lowest BCUT2D eigenvalue weighted by molar-refractivity contribution is 0.0681. The third-order valence-electron chi connectivity index (χ3n) is 6.41. The fourth-order valence-corrected chi connectivity index (χ4v) is 4.76. The minimum atomic E-state index is -0.00591. The summed E-state index contributed by atoms with van der Waals surface area (Å²) in [5.41, 5.74) is 2.38. The van der Waals surface area contributed by atoms with E-state index in [0.29, 0.717) is 30.2 Å². The number of pyridine rings is 1. The number of likely N-dealkylation sites (tertiary alicyclic amines) is 1. The van der Waals surface area contributed by atoms with Gasteiger partial charge in [0.2, 0.25) is 0 Å². The topological polar surface area (TPSA) is 78.7 Å². The molecular weight excluding hydrogens is 408 g/mol. The normalized spacial score (nSPS) is 19.4. The highest BCUT2D eigenvalue weighted by molar-refractivity contribution is 5.95. The van der Waals surface area contributed by atoms with Crippen molar-refractivity contribution in [2.45, 2.75) is 37.8 Å². The zero-order valence-corrected chi connectivity index (χ0v) is 18.5. The van der Waals surface area contributed by atoms with Crippen molar-refractivity contribution < 1.29 is 19.0 Å². The molecule has 2 aliphatic heterocycles. The van der Waals surface area contributed by atoms with Gasteiger partial charge in [-0.3, -0.25) is 4.79 Å². The standard InChI is InChI=1S/C24H28N4O4/c1-30-18-13-16(14-19(15-18)31-2)24(29)27-10-7-17(8-11-27)28-22-20(5-3-9-25-22)26-23(28)21-6-4-12-32-21/h3,5,9,13-15,17,21H,4,6-8,10-12H2,1-2H3. The van der Waals surface area contributed by atoms with E-state index in [1.165, 1.54) is 0 Å². The number of methoxy groups -OCH3 is 2. The van der Waals surface area contributed by atoms with Gasteiger partial charge in [0.05, 0.1) is 14.2 Å². The van der Waals surface area contributed by atoms with Crippen LogP contribution in [0.1, 0.15) is 54.0 Å². The van der Waals surface area contributed by atoms with Gasteiger partial charge in [-0.25, -0.2) is 9.97 Å². The molecule has 8 nitrogen and oxygen atoms in total. The Morgan fingerprint density at radius 3 is 2.50 bits per heavy atom. The van der Waals surface area contributed by atoms with Crippen molar-refractivity contribution in [3.8, 4) is 11.5 Å². The SMILES string of the molecule is COc1cc(OC)cc(C(=O)N2CCC(n3c(C4CCCO4)nc4cccnc43)CC2)c1. The molecule has 32 heavy (non-hydrogen) atoms. The van der Waals surface area contributed by atoms with Crippen molar-refractivity contribution in [3.63, 3.8) is 0 Å². The lowest BCUT2D eigenvalue weighted by Gasteiger charge is -2.34. The van der Waals surface area contributed by atoms with E-state index in [9.17, 15) is 4.79 Å². The van der Waals surface area contributed by atoms with E-state index in [1.807, 2.05) is 23.2 Å². The summed E-state index contributed by atoms with van der Waals surface area (Å²) in [6.07, 6.45) is 5.56. The van der Waals surface area contributed by atoms with Crippen LogP contribution in [0, 0.1) is 0 Å². The molecule has 168 valence electrons. The van der Waals surface area contributed by atoms with Crippen molar-refractivity contribution in [2.24, 2.45) is 0 Å². The van der Waals surface area contributed by atoms with Crippen LogP contribution in [0.3, 0.4) is 0 Å². The van der Waals surface area contributed by atoms with Crippen LogP contribution in [0.2, 0.25) is 0 Å². The first-order chi connectivity index (χ1) is 15.7. The largest absolute Gasteiger partial charge is 0.497 e. The minimum Gasteiger partial charge on any atom is -0.497 e. The molecule has 3 aromatic rings. The van der Waals surface area contributed by atoms with Gasteiger partial charge in [0, 0.05) is 43.6 Å². The van der Waals surface area contributed by atoms with E-state index in [2.05, 4.69) is 9.55 Å². The van der Waals surface area contributed by atoms with Gasteiger partial charge in [0.15, 0.2) is 5.65 Å². The van der Waals surface area contributed by atoms with Crippen LogP contribution in [0.25, 0.3) is 11.2 Å². The first-order valence-electron chi connectivity index (χ1n) is 11.1. The molecule has 1 aromatic carbocycles. The van der Waals surface area contributed by atoms with E-state index in [0.717, 1.165) is 49.3 Å². The Kier molecular flexibility index (Phi) is 5.70. The molecule has 0 N–H and O–H groups in total. The maximum atomic E-state index is 13.2. The molecule has 1 atom stereocenters. The van der Waals surface area contributed by atoms with Crippen LogP contribution in [0.15, 0.2) is 36.5 Å². The lowest BCUT2D eigenvalue weighted by Crippen LogP contribution is -2.39. The number of ether oxygens (including phenoxy) is 3. The third-order valence-corrected chi connectivity index (χ3v) is 6.41. The van der Waals surface area contributed by atoms with E-state index in [1.54, 1.807) is 32.4 Å². The molecule has 0 bridgehead atoms. The quantitative estimate of drug-likeness (QED) is 0.606. The number of benzene rings is 1. The van der Waals surface area contributed by atoms with Gasteiger partial charge >= 0.3 is 0 Å².